The molecular formula is C21H27N3O. The molecule has 0 bridgehead atoms. The summed E-state index contributed by atoms with van der Waals surface area (Å²) in [6, 6.07) is 18.6. The van der Waals surface area contributed by atoms with Crippen LogP contribution in [0.5, 0.6) is 0 Å². The minimum atomic E-state index is 0.129. The number of para-hydroxylation sites is 1. The zero-order chi connectivity index (χ0) is 17.5. The molecule has 1 fully saturated rings. The van der Waals surface area contributed by atoms with Crippen LogP contribution in [0.3, 0.4) is 0 Å². The maximum absolute atomic E-state index is 12.2. The van der Waals surface area contributed by atoms with Crippen molar-refractivity contribution in [1.29, 1.82) is 0 Å². The van der Waals surface area contributed by atoms with E-state index in [9.17, 15) is 4.79 Å². The zero-order valence-corrected chi connectivity index (χ0v) is 14.7. The third-order valence-electron chi connectivity index (χ3n) is 4.88. The largest absolute Gasteiger partial charge is 0.399 e. The number of rotatable bonds is 6. The van der Waals surface area contributed by atoms with Crippen molar-refractivity contribution < 1.29 is 4.79 Å². The molecule has 1 aliphatic rings. The van der Waals surface area contributed by atoms with Crippen molar-refractivity contribution in [3.63, 3.8) is 0 Å². The Morgan fingerprint density at radius 1 is 1.04 bits per heavy atom. The Bertz CT molecular complexity index is 679. The number of hydrogen-bond donors (Lipinski definition) is 2. The number of benzene rings is 2. The highest BCUT2D eigenvalue weighted by molar-refractivity contribution is 5.76. The summed E-state index contributed by atoms with van der Waals surface area (Å²) in [4.78, 5) is 14.7. The van der Waals surface area contributed by atoms with Crippen LogP contribution in [-0.2, 0) is 17.8 Å². The van der Waals surface area contributed by atoms with Crippen LogP contribution >= 0.6 is 0 Å². The molecule has 132 valence electrons. The van der Waals surface area contributed by atoms with Gasteiger partial charge in [0.1, 0.15) is 0 Å². The fraction of sp³-hybridized carbons (Fsp3) is 0.381. The molecule has 2 aromatic rings. The average Bonchev–Trinajstić information content (AvgIpc) is 2.64. The normalized spacial score (nSPS) is 15.8. The Hall–Kier alpha value is -2.33. The predicted molar refractivity (Wildman–Crippen MR) is 102 cm³/mol. The molecule has 4 heteroatoms. The molecule has 1 saturated heterocycles. The first-order valence-corrected chi connectivity index (χ1v) is 9.10. The quantitative estimate of drug-likeness (QED) is 0.797. The van der Waals surface area contributed by atoms with Crippen molar-refractivity contribution in [2.75, 3.05) is 18.8 Å². The minimum Gasteiger partial charge on any atom is -0.399 e. The number of aryl methyl sites for hydroxylation is 1. The molecule has 0 atom stereocenters. The van der Waals surface area contributed by atoms with Crippen LogP contribution in [0.1, 0.15) is 30.4 Å². The van der Waals surface area contributed by atoms with Gasteiger partial charge in [0, 0.05) is 37.8 Å². The predicted octanol–water partition coefficient (Wildman–Crippen LogP) is 2.98. The lowest BCUT2D eigenvalue weighted by Gasteiger charge is -2.32. The lowest BCUT2D eigenvalue weighted by atomic mass is 10.0. The highest BCUT2D eigenvalue weighted by Gasteiger charge is 2.20. The van der Waals surface area contributed by atoms with Crippen molar-refractivity contribution in [2.24, 2.45) is 0 Å². The monoisotopic (exact) mass is 337 g/mol. The van der Waals surface area contributed by atoms with Gasteiger partial charge >= 0.3 is 0 Å². The fourth-order valence-corrected chi connectivity index (χ4v) is 3.39. The van der Waals surface area contributed by atoms with Gasteiger partial charge in [-0.15, -0.1) is 0 Å². The van der Waals surface area contributed by atoms with E-state index in [1.54, 1.807) is 0 Å². The molecule has 0 spiro atoms. The number of nitrogens with one attached hydrogen (secondary N) is 1. The van der Waals surface area contributed by atoms with Crippen LogP contribution in [0.15, 0.2) is 54.6 Å². The van der Waals surface area contributed by atoms with Crippen molar-refractivity contribution in [2.45, 2.75) is 38.3 Å². The van der Waals surface area contributed by atoms with Gasteiger partial charge in [-0.3, -0.25) is 9.69 Å². The van der Waals surface area contributed by atoms with Crippen molar-refractivity contribution in [1.82, 2.24) is 10.2 Å². The second-order valence-electron chi connectivity index (χ2n) is 6.80. The first-order chi connectivity index (χ1) is 12.2. The van der Waals surface area contributed by atoms with Crippen LogP contribution in [-0.4, -0.2) is 29.9 Å². The first-order valence-electron chi connectivity index (χ1n) is 9.10. The Morgan fingerprint density at radius 3 is 2.44 bits per heavy atom. The van der Waals surface area contributed by atoms with Gasteiger partial charge in [0.25, 0.3) is 0 Å². The Morgan fingerprint density at radius 2 is 1.72 bits per heavy atom. The summed E-state index contributed by atoms with van der Waals surface area (Å²) in [5.74, 6) is 0.129. The number of nitrogens with two attached hydrogens (primary N) is 1. The molecule has 2 aromatic carbocycles. The van der Waals surface area contributed by atoms with E-state index in [0.29, 0.717) is 18.9 Å². The second-order valence-corrected chi connectivity index (χ2v) is 6.80. The Labute approximate surface area is 150 Å². The number of anilines is 1. The van der Waals surface area contributed by atoms with Crippen molar-refractivity contribution in [3.8, 4) is 0 Å². The molecule has 4 nitrogen and oxygen atoms in total. The Balaban J connectivity index is 1.38. The van der Waals surface area contributed by atoms with Gasteiger partial charge in [-0.1, -0.05) is 48.5 Å². The standard InChI is InChI=1S/C21H27N3O/c22-20-9-5-4-8-18(20)10-11-21(25)23-19-12-14-24(15-13-19)16-17-6-2-1-3-7-17/h1-9,19H,10-16,22H2,(H,23,25). The summed E-state index contributed by atoms with van der Waals surface area (Å²) in [5.41, 5.74) is 9.10. The topological polar surface area (TPSA) is 58.4 Å². The molecule has 3 N–H and O–H groups in total. The van der Waals surface area contributed by atoms with E-state index in [1.165, 1.54) is 5.56 Å². The third kappa shape index (κ3) is 5.33. The van der Waals surface area contributed by atoms with E-state index in [2.05, 4.69) is 34.5 Å². The van der Waals surface area contributed by atoms with Gasteiger partial charge in [0.05, 0.1) is 0 Å². The maximum atomic E-state index is 12.2. The van der Waals surface area contributed by atoms with Crippen LogP contribution in [0, 0.1) is 0 Å². The lowest BCUT2D eigenvalue weighted by Crippen LogP contribution is -2.44. The number of nitrogens with zero attached hydrogens (tertiary/aromatic N) is 1. The summed E-state index contributed by atoms with van der Waals surface area (Å²) in [5, 5.41) is 3.19. The highest BCUT2D eigenvalue weighted by Crippen LogP contribution is 2.15. The van der Waals surface area contributed by atoms with Crippen LogP contribution in [0.25, 0.3) is 0 Å². The molecular weight excluding hydrogens is 310 g/mol. The molecule has 0 aliphatic carbocycles. The number of nitrogen functional groups attached to an aromatic ring is 1. The summed E-state index contributed by atoms with van der Waals surface area (Å²) < 4.78 is 0. The maximum Gasteiger partial charge on any atom is 0.220 e. The van der Waals surface area contributed by atoms with Gasteiger partial charge in [-0.05, 0) is 36.5 Å². The second kappa shape index (κ2) is 8.67. The summed E-state index contributed by atoms with van der Waals surface area (Å²) in [6.45, 7) is 3.06. The number of carbonyl (C=O) groups is 1. The first kappa shape index (κ1) is 17.5. The lowest BCUT2D eigenvalue weighted by molar-refractivity contribution is -0.122. The van der Waals surface area contributed by atoms with Gasteiger partial charge in [-0.2, -0.15) is 0 Å². The number of carbonyl (C=O) groups excluding carboxylic acids is 1. The van der Waals surface area contributed by atoms with Gasteiger partial charge < -0.3 is 11.1 Å². The van der Waals surface area contributed by atoms with E-state index >= 15 is 0 Å². The van der Waals surface area contributed by atoms with Crippen molar-refractivity contribution >= 4 is 11.6 Å². The van der Waals surface area contributed by atoms with E-state index < -0.39 is 0 Å². The Kier molecular flexibility index (Phi) is 6.07. The van der Waals surface area contributed by atoms with E-state index in [4.69, 9.17) is 5.73 Å². The average molecular weight is 337 g/mol. The van der Waals surface area contributed by atoms with E-state index in [1.807, 2.05) is 30.3 Å². The van der Waals surface area contributed by atoms with Gasteiger partial charge in [0.2, 0.25) is 5.91 Å². The number of amides is 1. The van der Waals surface area contributed by atoms with Gasteiger partial charge in [-0.25, -0.2) is 0 Å². The molecule has 0 radical (unpaired) electrons. The molecule has 1 heterocycles. The number of piperidine rings is 1. The fourth-order valence-electron chi connectivity index (χ4n) is 3.39. The minimum absolute atomic E-state index is 0.129. The zero-order valence-electron chi connectivity index (χ0n) is 14.7. The SMILES string of the molecule is Nc1ccccc1CCC(=O)NC1CCN(Cc2ccccc2)CC1. The molecule has 0 saturated carbocycles. The molecule has 0 aromatic heterocycles. The molecule has 3 rings (SSSR count). The van der Waals surface area contributed by atoms with Crippen LogP contribution in [0.2, 0.25) is 0 Å². The number of hydrogen-bond acceptors (Lipinski definition) is 3. The van der Waals surface area contributed by atoms with E-state index in [-0.39, 0.29) is 5.91 Å². The highest BCUT2D eigenvalue weighted by atomic mass is 16.1. The third-order valence-corrected chi connectivity index (χ3v) is 4.88. The summed E-state index contributed by atoms with van der Waals surface area (Å²) in [7, 11) is 0. The van der Waals surface area contributed by atoms with Crippen LogP contribution in [0.4, 0.5) is 5.69 Å². The summed E-state index contributed by atoms with van der Waals surface area (Å²) in [6.07, 6.45) is 3.24. The van der Waals surface area contributed by atoms with E-state index in [0.717, 1.165) is 43.7 Å². The molecule has 25 heavy (non-hydrogen) atoms. The summed E-state index contributed by atoms with van der Waals surface area (Å²) >= 11 is 0. The van der Waals surface area contributed by atoms with Crippen LogP contribution < -0.4 is 11.1 Å². The molecule has 0 unspecified atom stereocenters. The number of likely N-dealkylation sites (tertiary alicyclic amines) is 1. The van der Waals surface area contributed by atoms with Gasteiger partial charge in [0.15, 0.2) is 0 Å². The van der Waals surface area contributed by atoms with Crippen molar-refractivity contribution in [3.05, 3.63) is 65.7 Å². The molecule has 1 aliphatic heterocycles. The smallest absolute Gasteiger partial charge is 0.220 e. The molecule has 1 amide bonds.